The first-order valence-electron chi connectivity index (χ1n) is 5.26. The molecule has 2 N–H and O–H groups in total. The number of hydrogen-bond donors (Lipinski definition) is 2. The Hall–Kier alpha value is -0.990. The van der Waals surface area contributed by atoms with E-state index in [9.17, 15) is 13.2 Å². The van der Waals surface area contributed by atoms with Crippen molar-refractivity contribution >= 4 is 31.9 Å². The van der Waals surface area contributed by atoms with Crippen LogP contribution in [0.4, 0.5) is 0 Å². The van der Waals surface area contributed by atoms with E-state index in [1.54, 1.807) is 0 Å². The summed E-state index contributed by atoms with van der Waals surface area (Å²) in [4.78, 5) is 14.7. The van der Waals surface area contributed by atoms with Gasteiger partial charge in [0.1, 0.15) is 10.9 Å². The molecular weight excluding hydrogens is 324 g/mol. The molecule has 1 aliphatic carbocycles. The van der Waals surface area contributed by atoms with Crippen LogP contribution in [0.25, 0.3) is 0 Å². The van der Waals surface area contributed by atoms with Crippen LogP contribution in [0.3, 0.4) is 0 Å². The van der Waals surface area contributed by atoms with Crippen LogP contribution in [0, 0.1) is 5.92 Å². The second-order valence-electron chi connectivity index (χ2n) is 4.11. The lowest BCUT2D eigenvalue weighted by molar-refractivity contribution is -0.139. The number of carboxylic acids is 1. The zero-order valence-electron chi connectivity index (χ0n) is 9.21. The van der Waals surface area contributed by atoms with Crippen LogP contribution in [0.5, 0.6) is 0 Å². The SMILES string of the molecule is O=C(O)C(NS(=O)(=O)c1cncc(Br)c1)C1CC1. The highest BCUT2D eigenvalue weighted by atomic mass is 79.9. The molecule has 0 aromatic carbocycles. The molecule has 8 heteroatoms. The van der Waals surface area contributed by atoms with Gasteiger partial charge in [-0.25, -0.2) is 8.42 Å². The number of carbonyl (C=O) groups is 1. The second kappa shape index (κ2) is 4.94. The van der Waals surface area contributed by atoms with Gasteiger partial charge in [0.15, 0.2) is 0 Å². The van der Waals surface area contributed by atoms with Crippen LogP contribution in [0.1, 0.15) is 12.8 Å². The fraction of sp³-hybridized carbons (Fsp3) is 0.400. The number of hydrogen-bond acceptors (Lipinski definition) is 4. The Kier molecular flexibility index (Phi) is 3.69. The van der Waals surface area contributed by atoms with Crippen molar-refractivity contribution in [1.29, 1.82) is 0 Å². The molecular formula is C10H11BrN2O4S. The molecule has 1 aliphatic rings. The first kappa shape index (κ1) is 13.4. The number of nitrogens with zero attached hydrogens (tertiary/aromatic N) is 1. The third-order valence-corrected chi connectivity index (χ3v) is 4.47. The zero-order valence-corrected chi connectivity index (χ0v) is 11.6. The summed E-state index contributed by atoms with van der Waals surface area (Å²) in [5.41, 5.74) is 0. The maximum atomic E-state index is 12.0. The van der Waals surface area contributed by atoms with Crippen LogP contribution >= 0.6 is 15.9 Å². The van der Waals surface area contributed by atoms with E-state index in [2.05, 4.69) is 25.6 Å². The van der Waals surface area contributed by atoms with Gasteiger partial charge >= 0.3 is 5.97 Å². The van der Waals surface area contributed by atoms with Crippen molar-refractivity contribution < 1.29 is 18.3 Å². The van der Waals surface area contributed by atoms with E-state index >= 15 is 0 Å². The van der Waals surface area contributed by atoms with Crippen LogP contribution in [0.15, 0.2) is 27.8 Å². The second-order valence-corrected chi connectivity index (χ2v) is 6.74. The van der Waals surface area contributed by atoms with Gasteiger partial charge in [0, 0.05) is 16.9 Å². The highest BCUT2D eigenvalue weighted by Gasteiger charge is 2.39. The summed E-state index contributed by atoms with van der Waals surface area (Å²) >= 11 is 3.12. The van der Waals surface area contributed by atoms with Gasteiger partial charge in [-0.05, 0) is 40.8 Å². The molecule has 18 heavy (non-hydrogen) atoms. The molecule has 1 atom stereocenters. The van der Waals surface area contributed by atoms with Gasteiger partial charge in [0.2, 0.25) is 10.0 Å². The average Bonchev–Trinajstić information content (AvgIpc) is 3.09. The number of halogens is 1. The maximum absolute atomic E-state index is 12.0. The smallest absolute Gasteiger partial charge is 0.322 e. The van der Waals surface area contributed by atoms with Gasteiger partial charge in [0.05, 0.1) is 0 Å². The average molecular weight is 335 g/mol. The van der Waals surface area contributed by atoms with Gasteiger partial charge in [-0.2, -0.15) is 4.72 Å². The van der Waals surface area contributed by atoms with E-state index in [1.165, 1.54) is 18.5 Å². The fourth-order valence-electron chi connectivity index (χ4n) is 1.55. The molecule has 0 radical (unpaired) electrons. The van der Waals surface area contributed by atoms with Gasteiger partial charge in [-0.3, -0.25) is 9.78 Å². The topological polar surface area (TPSA) is 96.4 Å². The Bertz CT molecular complexity index is 571. The molecule has 1 saturated carbocycles. The van der Waals surface area contributed by atoms with Crippen molar-refractivity contribution in [2.45, 2.75) is 23.8 Å². The van der Waals surface area contributed by atoms with Crippen molar-refractivity contribution in [3.63, 3.8) is 0 Å². The Morgan fingerprint density at radius 1 is 1.50 bits per heavy atom. The minimum absolute atomic E-state index is 0.0521. The van der Waals surface area contributed by atoms with E-state index in [0.29, 0.717) is 4.47 Å². The minimum Gasteiger partial charge on any atom is -0.480 e. The summed E-state index contributed by atoms with van der Waals surface area (Å²) in [6.45, 7) is 0. The predicted molar refractivity (Wildman–Crippen MR) is 66.4 cm³/mol. The third-order valence-electron chi connectivity index (χ3n) is 2.63. The Morgan fingerprint density at radius 2 is 2.17 bits per heavy atom. The molecule has 98 valence electrons. The molecule has 1 fully saturated rings. The molecule has 1 heterocycles. The van der Waals surface area contributed by atoms with Gasteiger partial charge < -0.3 is 5.11 Å². The first-order valence-corrected chi connectivity index (χ1v) is 7.53. The van der Waals surface area contributed by atoms with E-state index in [4.69, 9.17) is 5.11 Å². The molecule has 1 aromatic heterocycles. The molecule has 1 aromatic rings. The minimum atomic E-state index is -3.86. The molecule has 0 amide bonds. The first-order chi connectivity index (χ1) is 8.40. The van der Waals surface area contributed by atoms with Crippen LogP contribution in [0.2, 0.25) is 0 Å². The normalized spacial score (nSPS) is 17.4. The van der Waals surface area contributed by atoms with Crippen LogP contribution < -0.4 is 4.72 Å². The number of carboxylic acid groups (broad SMARTS) is 1. The van der Waals surface area contributed by atoms with E-state index in [0.717, 1.165) is 12.8 Å². The lowest BCUT2D eigenvalue weighted by Crippen LogP contribution is -2.42. The molecule has 0 bridgehead atoms. The highest BCUT2D eigenvalue weighted by Crippen LogP contribution is 2.33. The summed E-state index contributed by atoms with van der Waals surface area (Å²) in [7, 11) is -3.86. The summed E-state index contributed by atoms with van der Waals surface area (Å²) in [5, 5.41) is 9.00. The largest absolute Gasteiger partial charge is 0.480 e. The fourth-order valence-corrected chi connectivity index (χ4v) is 3.31. The van der Waals surface area contributed by atoms with E-state index in [-0.39, 0.29) is 10.8 Å². The number of sulfonamides is 1. The highest BCUT2D eigenvalue weighted by molar-refractivity contribution is 9.10. The quantitative estimate of drug-likeness (QED) is 0.836. The third kappa shape index (κ3) is 3.06. The van der Waals surface area contributed by atoms with E-state index < -0.39 is 22.0 Å². The zero-order chi connectivity index (χ0) is 13.3. The molecule has 0 saturated heterocycles. The standard InChI is InChI=1S/C10H11BrN2O4S/c11-7-3-8(5-12-4-7)18(16,17)13-9(10(14)15)6-1-2-6/h3-6,9,13H,1-2H2,(H,14,15). The number of aromatic nitrogens is 1. The monoisotopic (exact) mass is 334 g/mol. The number of aliphatic carboxylic acids is 1. The number of pyridine rings is 1. The molecule has 1 unspecified atom stereocenters. The molecule has 6 nitrogen and oxygen atoms in total. The Morgan fingerprint density at radius 3 is 2.67 bits per heavy atom. The van der Waals surface area contributed by atoms with Crippen LogP contribution in [-0.4, -0.2) is 30.5 Å². The van der Waals surface area contributed by atoms with Gasteiger partial charge in [-0.15, -0.1) is 0 Å². The maximum Gasteiger partial charge on any atom is 0.322 e. The van der Waals surface area contributed by atoms with Gasteiger partial charge in [-0.1, -0.05) is 0 Å². The summed E-state index contributed by atoms with van der Waals surface area (Å²) in [5.74, 6) is -1.26. The van der Waals surface area contributed by atoms with E-state index in [1.807, 2.05) is 0 Å². The summed E-state index contributed by atoms with van der Waals surface area (Å²) in [6.07, 6.45) is 4.10. The Balaban J connectivity index is 2.23. The van der Waals surface area contributed by atoms with Crippen molar-refractivity contribution in [3.8, 4) is 0 Å². The van der Waals surface area contributed by atoms with Crippen molar-refractivity contribution in [1.82, 2.24) is 9.71 Å². The van der Waals surface area contributed by atoms with Crippen molar-refractivity contribution in [2.75, 3.05) is 0 Å². The lowest BCUT2D eigenvalue weighted by Gasteiger charge is -2.13. The lowest BCUT2D eigenvalue weighted by atomic mass is 10.2. The summed E-state index contributed by atoms with van der Waals surface area (Å²) in [6, 6.07) is 0.315. The number of rotatable bonds is 5. The van der Waals surface area contributed by atoms with Crippen LogP contribution in [-0.2, 0) is 14.8 Å². The van der Waals surface area contributed by atoms with Gasteiger partial charge in [0.25, 0.3) is 0 Å². The number of nitrogens with one attached hydrogen (secondary N) is 1. The Labute approximate surface area is 113 Å². The molecule has 2 rings (SSSR count). The predicted octanol–water partition coefficient (Wildman–Crippen LogP) is 0.986. The van der Waals surface area contributed by atoms with Crippen molar-refractivity contribution in [3.05, 3.63) is 22.9 Å². The molecule has 0 spiro atoms. The summed E-state index contributed by atoms with van der Waals surface area (Å²) < 4.78 is 26.7. The molecule has 0 aliphatic heterocycles. The van der Waals surface area contributed by atoms with Crippen molar-refractivity contribution in [2.24, 2.45) is 5.92 Å².